The summed E-state index contributed by atoms with van der Waals surface area (Å²) in [6.07, 6.45) is -0.602. The number of rotatable bonds is 10. The van der Waals surface area contributed by atoms with Crippen molar-refractivity contribution >= 4 is 39.6 Å². The number of hydrogen-bond donors (Lipinski definition) is 6. The van der Waals surface area contributed by atoms with Crippen molar-refractivity contribution in [1.29, 1.82) is 0 Å². The second kappa shape index (κ2) is 11.8. The molecule has 1 amide bonds. The van der Waals surface area contributed by atoms with Gasteiger partial charge in [0.2, 0.25) is 15.9 Å². The molecule has 12 nitrogen and oxygen atoms in total. The summed E-state index contributed by atoms with van der Waals surface area (Å²) < 4.78 is 27.6. The number of hydrogen-bond acceptors (Lipinski definition) is 10. The van der Waals surface area contributed by atoms with E-state index in [0.717, 1.165) is 0 Å². The zero-order valence-electron chi connectivity index (χ0n) is 20.6. The number of amides is 1. The number of nitrogens with two attached hydrogens (primary N) is 1. The van der Waals surface area contributed by atoms with Gasteiger partial charge in [-0.25, -0.2) is 18.4 Å². The summed E-state index contributed by atoms with van der Waals surface area (Å²) >= 11 is 1.34. The van der Waals surface area contributed by atoms with Crippen LogP contribution in [0.15, 0.2) is 39.8 Å². The number of primary sulfonamides is 1. The normalized spacial score (nSPS) is 25.3. The predicted octanol–water partition coefficient (Wildman–Crippen LogP) is -0.512. The Morgan fingerprint density at radius 1 is 1.27 bits per heavy atom. The third-order valence-electron chi connectivity index (χ3n) is 6.52. The van der Waals surface area contributed by atoms with E-state index in [1.54, 1.807) is 19.1 Å². The molecule has 2 aliphatic heterocycles. The number of sulfonamides is 1. The molecule has 3 rings (SSSR count). The van der Waals surface area contributed by atoms with Crippen LogP contribution in [0.1, 0.15) is 25.8 Å². The largest absolute Gasteiger partial charge is 0.477 e. The minimum atomic E-state index is -3.79. The first-order valence-corrected chi connectivity index (χ1v) is 14.1. The lowest BCUT2D eigenvalue weighted by Crippen LogP contribution is -2.46. The average molecular weight is 557 g/mol. The second-order valence-electron chi connectivity index (χ2n) is 9.14. The summed E-state index contributed by atoms with van der Waals surface area (Å²) in [5.74, 6) is -3.37. The molecule has 204 valence electrons. The summed E-state index contributed by atoms with van der Waals surface area (Å²) in [7, 11) is -2.58. The number of thioether (sulfide) groups is 1. The Morgan fingerprint density at radius 2 is 1.92 bits per heavy atom. The SMILES string of the molecule is COC(=O)[C@@H]([C@@H]1NC(C(=O)O)=C(S[C@@H]2CN[C@H](C(=O)NCc3ccc(S(N)(=O)=O)cc3)C2)[C@@H]1C)[C@@H](C)O. The molecule has 2 aliphatic rings. The molecule has 0 radical (unpaired) electrons. The summed E-state index contributed by atoms with van der Waals surface area (Å²) in [6, 6.07) is 4.74. The Hall–Kier alpha value is -2.65. The van der Waals surface area contributed by atoms with Crippen LogP contribution in [0.4, 0.5) is 0 Å². The van der Waals surface area contributed by atoms with Crippen LogP contribution in [0, 0.1) is 11.8 Å². The fourth-order valence-electron chi connectivity index (χ4n) is 4.55. The van der Waals surface area contributed by atoms with Gasteiger partial charge in [0, 0.05) is 35.2 Å². The molecule has 0 aliphatic carbocycles. The number of aliphatic hydroxyl groups excluding tert-OH is 1. The van der Waals surface area contributed by atoms with Gasteiger partial charge in [0.1, 0.15) is 11.6 Å². The summed E-state index contributed by atoms with van der Waals surface area (Å²) in [6.45, 7) is 3.92. The smallest absolute Gasteiger partial charge is 0.352 e. The molecule has 14 heteroatoms. The van der Waals surface area contributed by atoms with Crippen LogP contribution in [0.3, 0.4) is 0 Å². The van der Waals surface area contributed by atoms with Crippen LogP contribution < -0.4 is 21.1 Å². The van der Waals surface area contributed by atoms with Crippen molar-refractivity contribution in [1.82, 2.24) is 16.0 Å². The Labute approximate surface area is 219 Å². The lowest BCUT2D eigenvalue weighted by molar-refractivity contribution is -0.151. The highest BCUT2D eigenvalue weighted by atomic mass is 32.2. The topological polar surface area (TPSA) is 197 Å². The van der Waals surface area contributed by atoms with Crippen LogP contribution in [0.2, 0.25) is 0 Å². The van der Waals surface area contributed by atoms with Gasteiger partial charge in [0.05, 0.1) is 24.2 Å². The number of benzene rings is 1. The summed E-state index contributed by atoms with van der Waals surface area (Å²) in [4.78, 5) is 37.4. The predicted molar refractivity (Wildman–Crippen MR) is 135 cm³/mol. The maximum absolute atomic E-state index is 12.7. The number of carboxylic acid groups (broad SMARTS) is 1. The fraction of sp³-hybridized carbons (Fsp3) is 0.522. The number of ether oxygens (including phenoxy) is 1. The quantitative estimate of drug-likeness (QED) is 0.203. The first-order valence-electron chi connectivity index (χ1n) is 11.6. The molecule has 7 N–H and O–H groups in total. The third-order valence-corrected chi connectivity index (χ3v) is 8.97. The van der Waals surface area contributed by atoms with E-state index in [4.69, 9.17) is 9.88 Å². The van der Waals surface area contributed by atoms with E-state index in [-0.39, 0.29) is 34.2 Å². The summed E-state index contributed by atoms with van der Waals surface area (Å²) in [5, 5.41) is 33.8. The molecule has 6 atom stereocenters. The first-order chi connectivity index (χ1) is 17.3. The van der Waals surface area contributed by atoms with E-state index in [2.05, 4.69) is 16.0 Å². The standard InChI is InChI=1S/C23H32N4O8S2/c1-11-18(17(12(2)28)23(32)35-3)27-19(22(30)31)20(11)36-14-8-16(25-10-14)21(29)26-9-13-4-6-15(7-5-13)37(24,33)34/h4-7,11-12,14,16-18,25,27-28H,8-10H2,1-3H3,(H,26,29)(H,30,31)(H2,24,33,34)/t11-,12-,14+,16+,17-,18-/m1/s1. The van der Waals surface area contributed by atoms with Crippen LogP contribution in [-0.2, 0) is 35.7 Å². The highest BCUT2D eigenvalue weighted by Gasteiger charge is 2.45. The van der Waals surface area contributed by atoms with Gasteiger partial charge in [0.15, 0.2) is 0 Å². The number of esters is 1. The van der Waals surface area contributed by atoms with E-state index >= 15 is 0 Å². The number of carbonyl (C=O) groups excluding carboxylic acids is 2. The molecule has 0 unspecified atom stereocenters. The first kappa shape index (κ1) is 28.9. The summed E-state index contributed by atoms with van der Waals surface area (Å²) in [5.41, 5.74) is 0.684. The van der Waals surface area contributed by atoms with Crippen LogP contribution in [-0.4, -0.2) is 73.6 Å². The molecule has 0 spiro atoms. The van der Waals surface area contributed by atoms with Gasteiger partial charge in [0.25, 0.3) is 0 Å². The van der Waals surface area contributed by atoms with Gasteiger partial charge < -0.3 is 30.9 Å². The Morgan fingerprint density at radius 3 is 2.46 bits per heavy atom. The third kappa shape index (κ3) is 6.82. The molecule has 0 bridgehead atoms. The number of carboxylic acids is 1. The molecule has 1 aromatic rings. The van der Waals surface area contributed by atoms with Crippen molar-refractivity contribution in [2.75, 3.05) is 13.7 Å². The van der Waals surface area contributed by atoms with Gasteiger partial charge in [-0.2, -0.15) is 0 Å². The molecule has 37 heavy (non-hydrogen) atoms. The van der Waals surface area contributed by atoms with Crippen molar-refractivity contribution in [2.45, 2.75) is 55.1 Å². The van der Waals surface area contributed by atoms with E-state index in [1.165, 1.54) is 37.9 Å². The van der Waals surface area contributed by atoms with E-state index in [1.807, 2.05) is 0 Å². The molecule has 1 saturated heterocycles. The molecule has 0 aromatic heterocycles. The van der Waals surface area contributed by atoms with Crippen molar-refractivity contribution in [2.24, 2.45) is 17.0 Å². The Bertz CT molecular complexity index is 1170. The highest BCUT2D eigenvalue weighted by Crippen LogP contribution is 2.42. The van der Waals surface area contributed by atoms with Crippen molar-refractivity contribution in [3.8, 4) is 0 Å². The molecule has 2 heterocycles. The maximum atomic E-state index is 12.7. The zero-order chi connectivity index (χ0) is 27.5. The molecular formula is C23H32N4O8S2. The van der Waals surface area contributed by atoms with Crippen molar-refractivity contribution < 1.29 is 37.8 Å². The molecule has 1 aromatic carbocycles. The van der Waals surface area contributed by atoms with Crippen LogP contribution >= 0.6 is 11.8 Å². The fourth-order valence-corrected chi connectivity index (χ4v) is 6.52. The van der Waals surface area contributed by atoms with Gasteiger partial charge in [-0.1, -0.05) is 19.1 Å². The van der Waals surface area contributed by atoms with E-state index < -0.39 is 46.1 Å². The monoisotopic (exact) mass is 556 g/mol. The number of carbonyl (C=O) groups is 3. The molecule has 0 saturated carbocycles. The number of nitrogens with one attached hydrogen (secondary N) is 3. The van der Waals surface area contributed by atoms with E-state index in [9.17, 15) is 33.0 Å². The number of methoxy groups -OCH3 is 1. The lowest BCUT2D eigenvalue weighted by Gasteiger charge is -2.28. The van der Waals surface area contributed by atoms with Crippen LogP contribution in [0.25, 0.3) is 0 Å². The van der Waals surface area contributed by atoms with Gasteiger partial charge >= 0.3 is 11.9 Å². The second-order valence-corrected chi connectivity index (χ2v) is 12.0. The average Bonchev–Trinajstić information content (AvgIpc) is 3.43. The lowest BCUT2D eigenvalue weighted by atomic mass is 9.87. The van der Waals surface area contributed by atoms with Crippen molar-refractivity contribution in [3.05, 3.63) is 40.4 Å². The Kier molecular flexibility index (Phi) is 9.23. The van der Waals surface area contributed by atoms with Gasteiger partial charge in [-0.15, -0.1) is 11.8 Å². The Balaban J connectivity index is 1.61. The van der Waals surface area contributed by atoms with Gasteiger partial charge in [-0.05, 0) is 31.0 Å². The maximum Gasteiger partial charge on any atom is 0.352 e. The van der Waals surface area contributed by atoms with Crippen molar-refractivity contribution in [3.63, 3.8) is 0 Å². The number of aliphatic hydroxyl groups is 1. The minimum Gasteiger partial charge on any atom is -0.477 e. The highest BCUT2D eigenvalue weighted by molar-refractivity contribution is 8.03. The zero-order valence-corrected chi connectivity index (χ0v) is 22.3. The molecule has 1 fully saturated rings. The number of aliphatic carboxylic acids is 1. The van der Waals surface area contributed by atoms with Crippen LogP contribution in [0.5, 0.6) is 0 Å². The molecular weight excluding hydrogens is 524 g/mol. The minimum absolute atomic E-state index is 0.0147. The van der Waals surface area contributed by atoms with Gasteiger partial charge in [-0.3, -0.25) is 9.59 Å². The van der Waals surface area contributed by atoms with E-state index in [0.29, 0.717) is 23.4 Å².